The van der Waals surface area contributed by atoms with E-state index < -0.39 is 33.1 Å². The zero-order valence-electron chi connectivity index (χ0n) is 14.5. The monoisotopic (exact) mass is 400 g/mol. The van der Waals surface area contributed by atoms with Gasteiger partial charge in [0, 0.05) is 41.4 Å². The Hall–Kier alpha value is -2.36. The number of carbonyl (C=O) groups is 1. The van der Waals surface area contributed by atoms with Crippen LogP contribution in [0.3, 0.4) is 0 Å². The average molecular weight is 400 g/mol. The van der Waals surface area contributed by atoms with Gasteiger partial charge < -0.3 is 10.4 Å². The molecule has 0 saturated heterocycles. The van der Waals surface area contributed by atoms with Crippen molar-refractivity contribution in [1.29, 1.82) is 0 Å². The summed E-state index contributed by atoms with van der Waals surface area (Å²) in [5.74, 6) is -1.48. The molecular formula is C18H19F3N2O3S. The van der Waals surface area contributed by atoms with Crippen LogP contribution in [-0.2, 0) is 9.71 Å². The highest BCUT2D eigenvalue weighted by molar-refractivity contribution is 7.98. The van der Waals surface area contributed by atoms with Gasteiger partial charge in [-0.1, -0.05) is 6.07 Å². The normalized spacial score (nSPS) is 13.4. The molecule has 0 aliphatic rings. The standard InChI is InChI=1S/C18H19F3N2O3S/c1-23(7-4-8-24)27(2,26)14-6-3-5-12(9-14)18(25)22-13-10-15(19)17(21)16(20)11-13/h3,5-6,9-11,24H,2,4,7-8H2,1H3,(H,22,25). The SMILES string of the molecule is C=S(=O)(c1cccc(C(=O)Nc2cc(F)c(F)c(F)c2)c1)N(C)CCCO. The molecule has 0 aliphatic carbocycles. The van der Waals surface area contributed by atoms with Crippen LogP contribution in [-0.4, -0.2) is 45.6 Å². The Morgan fingerprint density at radius 1 is 1.22 bits per heavy atom. The molecule has 1 unspecified atom stereocenters. The van der Waals surface area contributed by atoms with E-state index in [0.29, 0.717) is 25.1 Å². The van der Waals surface area contributed by atoms with Crippen molar-refractivity contribution in [3.8, 4) is 0 Å². The summed E-state index contributed by atoms with van der Waals surface area (Å²) < 4.78 is 53.9. The van der Waals surface area contributed by atoms with Crippen LogP contribution in [0.15, 0.2) is 41.3 Å². The molecule has 1 amide bonds. The predicted octanol–water partition coefficient (Wildman–Crippen LogP) is 2.66. The van der Waals surface area contributed by atoms with Crippen molar-refractivity contribution in [3.05, 3.63) is 59.4 Å². The number of amides is 1. The van der Waals surface area contributed by atoms with E-state index in [1.807, 2.05) is 0 Å². The Morgan fingerprint density at radius 2 is 1.85 bits per heavy atom. The molecule has 146 valence electrons. The molecule has 27 heavy (non-hydrogen) atoms. The number of halogens is 3. The maximum Gasteiger partial charge on any atom is 0.255 e. The van der Waals surface area contributed by atoms with Crippen LogP contribution in [0.4, 0.5) is 18.9 Å². The van der Waals surface area contributed by atoms with Gasteiger partial charge in [0.2, 0.25) is 0 Å². The summed E-state index contributed by atoms with van der Waals surface area (Å²) in [7, 11) is -1.30. The van der Waals surface area contributed by atoms with E-state index in [1.165, 1.54) is 22.5 Å². The summed E-state index contributed by atoms with van der Waals surface area (Å²) in [6.07, 6.45) is 0.408. The molecule has 2 rings (SSSR count). The van der Waals surface area contributed by atoms with E-state index >= 15 is 0 Å². The molecule has 0 aromatic heterocycles. The topological polar surface area (TPSA) is 69.6 Å². The van der Waals surface area contributed by atoms with Crippen LogP contribution in [0.25, 0.3) is 0 Å². The van der Waals surface area contributed by atoms with Gasteiger partial charge >= 0.3 is 0 Å². The number of nitrogens with one attached hydrogen (secondary N) is 1. The van der Waals surface area contributed by atoms with Crippen molar-refractivity contribution in [2.45, 2.75) is 11.3 Å². The second-order valence-corrected chi connectivity index (χ2v) is 8.18. The fraction of sp³-hybridized carbons (Fsp3) is 0.222. The number of hydrogen-bond donors (Lipinski definition) is 2. The van der Waals surface area contributed by atoms with Gasteiger partial charge in [-0.15, -0.1) is 0 Å². The van der Waals surface area contributed by atoms with Gasteiger partial charge in [-0.3, -0.25) is 4.79 Å². The minimum absolute atomic E-state index is 0.0624. The van der Waals surface area contributed by atoms with Crippen molar-refractivity contribution in [3.63, 3.8) is 0 Å². The molecule has 5 nitrogen and oxygen atoms in total. The van der Waals surface area contributed by atoms with E-state index in [0.717, 1.165) is 0 Å². The first kappa shape index (κ1) is 20.9. The van der Waals surface area contributed by atoms with Crippen LogP contribution in [0.1, 0.15) is 16.8 Å². The smallest absolute Gasteiger partial charge is 0.255 e. The maximum atomic E-state index is 13.3. The lowest BCUT2D eigenvalue weighted by molar-refractivity contribution is 0.102. The third-order valence-electron chi connectivity index (χ3n) is 3.84. The van der Waals surface area contributed by atoms with Crippen LogP contribution in [0.5, 0.6) is 0 Å². The van der Waals surface area contributed by atoms with Crippen molar-refractivity contribution in [2.24, 2.45) is 0 Å². The van der Waals surface area contributed by atoms with Crippen molar-refractivity contribution in [2.75, 3.05) is 25.5 Å². The summed E-state index contributed by atoms with van der Waals surface area (Å²) >= 11 is 0. The molecule has 0 radical (unpaired) electrons. The highest BCUT2D eigenvalue weighted by Crippen LogP contribution is 2.20. The zero-order chi connectivity index (χ0) is 20.2. The first-order chi connectivity index (χ1) is 12.7. The summed E-state index contributed by atoms with van der Waals surface area (Å²) in [5, 5.41) is 11.2. The molecule has 0 fully saturated rings. The lowest BCUT2D eigenvalue weighted by atomic mass is 10.2. The van der Waals surface area contributed by atoms with Gasteiger partial charge in [0.1, 0.15) is 0 Å². The number of aliphatic hydroxyl groups is 1. The van der Waals surface area contributed by atoms with Crippen LogP contribution < -0.4 is 5.32 Å². The van der Waals surface area contributed by atoms with Crippen molar-refractivity contribution in [1.82, 2.24) is 4.31 Å². The maximum absolute atomic E-state index is 13.3. The number of hydrogen-bond acceptors (Lipinski definition) is 3. The Morgan fingerprint density at radius 3 is 2.44 bits per heavy atom. The molecule has 9 heteroatoms. The molecule has 0 aliphatic heterocycles. The molecule has 2 aromatic rings. The zero-order valence-corrected chi connectivity index (χ0v) is 15.4. The van der Waals surface area contributed by atoms with E-state index in [1.54, 1.807) is 13.1 Å². The molecule has 0 heterocycles. The fourth-order valence-corrected chi connectivity index (χ4v) is 3.67. The molecule has 2 N–H and O–H groups in total. The Bertz CT molecular complexity index is 926. The lowest BCUT2D eigenvalue weighted by Crippen LogP contribution is -2.28. The number of carbonyl (C=O) groups excluding carboxylic acids is 1. The molecule has 1 atom stereocenters. The van der Waals surface area contributed by atoms with Crippen molar-refractivity contribution >= 4 is 27.2 Å². The van der Waals surface area contributed by atoms with E-state index in [4.69, 9.17) is 5.11 Å². The minimum Gasteiger partial charge on any atom is -0.396 e. The molecular weight excluding hydrogens is 381 g/mol. The largest absolute Gasteiger partial charge is 0.396 e. The van der Waals surface area contributed by atoms with E-state index in [9.17, 15) is 22.2 Å². The highest BCUT2D eigenvalue weighted by Gasteiger charge is 2.17. The quantitative estimate of drug-likeness (QED) is 0.555. The van der Waals surface area contributed by atoms with Crippen LogP contribution in [0, 0.1) is 17.5 Å². The number of anilines is 1. The third kappa shape index (κ3) is 4.88. The summed E-state index contributed by atoms with van der Waals surface area (Å²) in [4.78, 5) is 12.6. The highest BCUT2D eigenvalue weighted by atomic mass is 32.2. The second-order valence-electron chi connectivity index (χ2n) is 5.80. The molecule has 0 bridgehead atoms. The Balaban J connectivity index is 2.25. The van der Waals surface area contributed by atoms with Gasteiger partial charge in [0.05, 0.1) is 9.71 Å². The Kier molecular flexibility index (Phi) is 6.63. The van der Waals surface area contributed by atoms with Crippen LogP contribution in [0.2, 0.25) is 0 Å². The molecule has 0 spiro atoms. The van der Waals surface area contributed by atoms with Gasteiger partial charge in [-0.2, -0.15) is 0 Å². The summed E-state index contributed by atoms with van der Waals surface area (Å²) in [6, 6.07) is 7.15. The molecule has 0 saturated carbocycles. The lowest BCUT2D eigenvalue weighted by Gasteiger charge is -2.22. The van der Waals surface area contributed by atoms with Gasteiger partial charge in [0.15, 0.2) is 17.5 Å². The average Bonchev–Trinajstić information content (AvgIpc) is 2.64. The van der Waals surface area contributed by atoms with Crippen molar-refractivity contribution < 1.29 is 27.3 Å². The fourth-order valence-electron chi connectivity index (χ4n) is 2.29. The number of rotatable bonds is 7. The summed E-state index contributed by atoms with van der Waals surface area (Å²) in [5.41, 5.74) is -0.165. The first-order valence-corrected chi connectivity index (χ1v) is 9.60. The summed E-state index contributed by atoms with van der Waals surface area (Å²) in [6.45, 7) is 0.274. The van der Waals surface area contributed by atoms with Gasteiger partial charge in [-0.05, 0) is 37.5 Å². The van der Waals surface area contributed by atoms with Gasteiger partial charge in [-0.25, -0.2) is 21.7 Å². The third-order valence-corrected chi connectivity index (χ3v) is 6.02. The number of aliphatic hydroxyl groups excluding tert-OH is 1. The van der Waals surface area contributed by atoms with E-state index in [-0.39, 0.29) is 22.8 Å². The minimum atomic E-state index is -2.89. The van der Waals surface area contributed by atoms with Gasteiger partial charge in [0.25, 0.3) is 5.91 Å². The predicted molar refractivity (Wildman–Crippen MR) is 98.6 cm³/mol. The van der Waals surface area contributed by atoms with Crippen LogP contribution >= 0.6 is 0 Å². The molecule has 2 aromatic carbocycles. The Labute approximate surface area is 155 Å². The number of nitrogens with zero attached hydrogens (tertiary/aromatic N) is 1. The first-order valence-electron chi connectivity index (χ1n) is 7.92. The second kappa shape index (κ2) is 8.55. The van der Waals surface area contributed by atoms with E-state index in [2.05, 4.69) is 11.2 Å². The number of benzene rings is 2.